The molecule has 2 unspecified atom stereocenters. The predicted molar refractivity (Wildman–Crippen MR) is 130 cm³/mol. The van der Waals surface area contributed by atoms with Gasteiger partial charge in [-0.3, -0.25) is 14.5 Å². The molecule has 2 atom stereocenters. The van der Waals surface area contributed by atoms with Crippen LogP contribution in [-0.4, -0.2) is 53.8 Å². The second-order valence-corrected chi connectivity index (χ2v) is 9.98. The Labute approximate surface area is 201 Å². The molecule has 1 aliphatic heterocycles. The molecule has 34 heavy (non-hydrogen) atoms. The molecule has 2 aromatic carbocycles. The Kier molecular flexibility index (Phi) is 6.95. The van der Waals surface area contributed by atoms with E-state index >= 15 is 0 Å². The predicted octanol–water partition coefficient (Wildman–Crippen LogP) is 4.34. The fraction of sp³-hybridized carbons (Fsp3) is 0.500. The highest BCUT2D eigenvalue weighted by molar-refractivity contribution is 5.94. The van der Waals surface area contributed by atoms with Crippen molar-refractivity contribution in [1.82, 2.24) is 15.1 Å². The van der Waals surface area contributed by atoms with Gasteiger partial charge in [-0.05, 0) is 73.4 Å². The lowest BCUT2D eigenvalue weighted by Gasteiger charge is -2.41. The van der Waals surface area contributed by atoms with Crippen LogP contribution < -0.4 is 5.32 Å². The smallest absolute Gasteiger partial charge is 0.253 e. The van der Waals surface area contributed by atoms with Crippen molar-refractivity contribution < 1.29 is 14.0 Å². The normalized spacial score (nSPS) is 22.3. The van der Waals surface area contributed by atoms with E-state index in [-0.39, 0.29) is 29.7 Å². The zero-order chi connectivity index (χ0) is 23.5. The minimum absolute atomic E-state index is 0.0691. The summed E-state index contributed by atoms with van der Waals surface area (Å²) in [5.41, 5.74) is 3.13. The van der Waals surface area contributed by atoms with Gasteiger partial charge in [0.15, 0.2) is 0 Å². The highest BCUT2D eigenvalue weighted by Crippen LogP contribution is 2.33. The van der Waals surface area contributed by atoms with Gasteiger partial charge in [-0.1, -0.05) is 37.1 Å². The molecule has 0 bridgehead atoms. The summed E-state index contributed by atoms with van der Waals surface area (Å²) in [5.74, 6) is 0.109. The zero-order valence-electron chi connectivity index (χ0n) is 19.7. The largest absolute Gasteiger partial charge is 0.348 e. The zero-order valence-corrected chi connectivity index (χ0v) is 19.7. The van der Waals surface area contributed by atoms with Crippen LogP contribution in [0.25, 0.3) is 0 Å². The summed E-state index contributed by atoms with van der Waals surface area (Å²) in [6.07, 6.45) is 7.72. The number of carbonyl (C=O) groups excluding carboxylic acids is 2. The van der Waals surface area contributed by atoms with Crippen LogP contribution in [0.4, 0.5) is 4.39 Å². The van der Waals surface area contributed by atoms with Gasteiger partial charge in [0.25, 0.3) is 5.91 Å². The van der Waals surface area contributed by atoms with Gasteiger partial charge in [0.2, 0.25) is 5.91 Å². The molecule has 6 heteroatoms. The first-order valence-corrected chi connectivity index (χ1v) is 12.8. The average Bonchev–Trinajstić information content (AvgIpc) is 3.39. The second kappa shape index (κ2) is 10.3. The summed E-state index contributed by atoms with van der Waals surface area (Å²) >= 11 is 0. The molecule has 2 fully saturated rings. The number of nitrogens with one attached hydrogen (secondary N) is 1. The van der Waals surface area contributed by atoms with E-state index in [2.05, 4.69) is 34.5 Å². The number of hydrogen-bond donors (Lipinski definition) is 1. The first kappa shape index (κ1) is 23.0. The first-order valence-electron chi connectivity index (χ1n) is 12.8. The summed E-state index contributed by atoms with van der Waals surface area (Å²) in [6, 6.07) is 14.2. The molecule has 0 aromatic heterocycles. The van der Waals surface area contributed by atoms with Crippen LogP contribution in [0.2, 0.25) is 0 Å². The van der Waals surface area contributed by atoms with E-state index in [0.29, 0.717) is 37.7 Å². The molecule has 1 saturated heterocycles. The third kappa shape index (κ3) is 4.88. The topological polar surface area (TPSA) is 52.7 Å². The van der Waals surface area contributed by atoms with Crippen molar-refractivity contribution in [2.75, 3.05) is 26.2 Å². The molecule has 1 saturated carbocycles. The third-order valence-electron chi connectivity index (χ3n) is 7.89. The van der Waals surface area contributed by atoms with Crippen LogP contribution in [0.1, 0.15) is 66.1 Å². The van der Waals surface area contributed by atoms with Gasteiger partial charge >= 0.3 is 0 Å². The monoisotopic (exact) mass is 463 g/mol. The van der Waals surface area contributed by atoms with Crippen LogP contribution in [0.15, 0.2) is 48.5 Å². The number of halogens is 1. The number of amides is 2. The van der Waals surface area contributed by atoms with E-state index in [9.17, 15) is 14.0 Å². The highest BCUT2D eigenvalue weighted by Gasteiger charge is 2.38. The Morgan fingerprint density at radius 2 is 1.59 bits per heavy atom. The Morgan fingerprint density at radius 1 is 0.882 bits per heavy atom. The maximum absolute atomic E-state index is 13.7. The van der Waals surface area contributed by atoms with E-state index < -0.39 is 0 Å². The summed E-state index contributed by atoms with van der Waals surface area (Å²) < 4.78 is 13.2. The van der Waals surface area contributed by atoms with E-state index in [1.54, 1.807) is 12.1 Å². The second-order valence-electron chi connectivity index (χ2n) is 9.98. The van der Waals surface area contributed by atoms with Crippen molar-refractivity contribution in [2.24, 2.45) is 5.92 Å². The van der Waals surface area contributed by atoms with Gasteiger partial charge in [0.1, 0.15) is 5.82 Å². The fourth-order valence-electron chi connectivity index (χ4n) is 6.09. The van der Waals surface area contributed by atoms with Gasteiger partial charge in [-0.25, -0.2) is 4.39 Å². The van der Waals surface area contributed by atoms with Crippen LogP contribution in [0.3, 0.4) is 0 Å². The molecule has 5 rings (SSSR count). The Balaban J connectivity index is 1.26. The number of nitrogens with zero attached hydrogens (tertiary/aromatic N) is 2. The number of hydrogen-bond acceptors (Lipinski definition) is 3. The lowest BCUT2D eigenvalue weighted by atomic mass is 9.87. The van der Waals surface area contributed by atoms with Crippen LogP contribution in [0.5, 0.6) is 0 Å². The molecule has 1 heterocycles. The van der Waals surface area contributed by atoms with Crippen LogP contribution in [-0.2, 0) is 11.2 Å². The van der Waals surface area contributed by atoms with Crippen molar-refractivity contribution in [3.63, 3.8) is 0 Å². The van der Waals surface area contributed by atoms with Crippen LogP contribution >= 0.6 is 0 Å². The standard InChI is InChI=1S/C28H34FN3O2/c29-23-14-12-22(13-15-23)28(34)32-18-16-31(17-19-32)26(21-7-1-2-8-21)27(33)30-25-11-5-9-20-6-3-4-10-24(20)25/h3-4,6,10,12-15,21,25-26H,1-2,5,7-9,11,16-19H2,(H,30,33). The number of carbonyl (C=O) groups is 2. The molecule has 1 N–H and O–H groups in total. The molecular formula is C28H34FN3O2. The number of piperazine rings is 1. The number of aryl methyl sites for hydroxylation is 1. The molecular weight excluding hydrogens is 429 g/mol. The molecule has 180 valence electrons. The molecule has 2 amide bonds. The van der Waals surface area contributed by atoms with E-state index in [1.165, 1.54) is 36.1 Å². The van der Waals surface area contributed by atoms with Gasteiger partial charge in [-0.15, -0.1) is 0 Å². The molecule has 3 aliphatic rings. The number of rotatable bonds is 5. The maximum atomic E-state index is 13.7. The number of benzene rings is 2. The van der Waals surface area contributed by atoms with Crippen molar-refractivity contribution in [2.45, 2.75) is 57.0 Å². The highest BCUT2D eigenvalue weighted by atomic mass is 19.1. The fourth-order valence-corrected chi connectivity index (χ4v) is 6.09. The lowest BCUT2D eigenvalue weighted by Crippen LogP contribution is -2.58. The SMILES string of the molecule is O=C(NC1CCCc2ccccc21)C(C1CCCC1)N1CCN(C(=O)c2ccc(F)cc2)CC1. The van der Waals surface area contributed by atoms with Gasteiger partial charge < -0.3 is 10.2 Å². The van der Waals surface area contributed by atoms with Gasteiger partial charge in [0.05, 0.1) is 12.1 Å². The van der Waals surface area contributed by atoms with E-state index in [1.807, 2.05) is 4.90 Å². The van der Waals surface area contributed by atoms with Crippen molar-refractivity contribution in [3.05, 3.63) is 71.0 Å². The Hall–Kier alpha value is -2.73. The van der Waals surface area contributed by atoms with Gasteiger partial charge in [0, 0.05) is 31.7 Å². The van der Waals surface area contributed by atoms with Crippen molar-refractivity contribution in [1.29, 1.82) is 0 Å². The molecule has 0 spiro atoms. The summed E-state index contributed by atoms with van der Waals surface area (Å²) in [5, 5.41) is 3.42. The van der Waals surface area contributed by atoms with Crippen LogP contribution in [0, 0.1) is 11.7 Å². The summed E-state index contributed by atoms with van der Waals surface area (Å²) in [6.45, 7) is 2.53. The Bertz CT molecular complexity index is 1010. The van der Waals surface area contributed by atoms with E-state index in [4.69, 9.17) is 0 Å². The molecule has 0 radical (unpaired) electrons. The maximum Gasteiger partial charge on any atom is 0.253 e. The quantitative estimate of drug-likeness (QED) is 0.718. The molecule has 2 aromatic rings. The summed E-state index contributed by atoms with van der Waals surface area (Å²) in [4.78, 5) is 30.7. The minimum atomic E-state index is -0.340. The minimum Gasteiger partial charge on any atom is -0.348 e. The summed E-state index contributed by atoms with van der Waals surface area (Å²) in [7, 11) is 0. The molecule has 5 nitrogen and oxygen atoms in total. The van der Waals surface area contributed by atoms with E-state index in [0.717, 1.165) is 32.1 Å². The van der Waals surface area contributed by atoms with Crippen molar-refractivity contribution >= 4 is 11.8 Å². The average molecular weight is 464 g/mol. The van der Waals surface area contributed by atoms with Crippen molar-refractivity contribution in [3.8, 4) is 0 Å². The lowest BCUT2D eigenvalue weighted by molar-refractivity contribution is -0.130. The number of fused-ring (bicyclic) bond motifs is 1. The first-order chi connectivity index (χ1) is 16.6. The Morgan fingerprint density at radius 3 is 2.32 bits per heavy atom. The molecule has 2 aliphatic carbocycles. The third-order valence-corrected chi connectivity index (χ3v) is 7.89. The van der Waals surface area contributed by atoms with Gasteiger partial charge in [-0.2, -0.15) is 0 Å².